The number of piperidine rings is 1. The van der Waals surface area contributed by atoms with Gasteiger partial charge in [0.2, 0.25) is 0 Å². The quantitative estimate of drug-likeness (QED) is 0.847. The van der Waals surface area contributed by atoms with Gasteiger partial charge in [0.1, 0.15) is 5.82 Å². The number of hydrogen-bond acceptors (Lipinski definition) is 2. The number of nitrogens with one attached hydrogen (secondary N) is 1. The van der Waals surface area contributed by atoms with Crippen LogP contribution in [0, 0.1) is 11.7 Å². The molecule has 1 aromatic rings. The van der Waals surface area contributed by atoms with E-state index in [1.165, 1.54) is 6.07 Å². The minimum absolute atomic E-state index is 0.0434. The number of halogens is 2. The molecular weight excluding hydrogens is 273 g/mol. The first-order chi connectivity index (χ1) is 7.68. The lowest BCUT2D eigenvalue weighted by atomic mass is 9.90. The van der Waals surface area contributed by atoms with Crippen molar-refractivity contribution in [3.63, 3.8) is 0 Å². The molecule has 1 fully saturated rings. The average molecular weight is 286 g/mol. The van der Waals surface area contributed by atoms with Crippen LogP contribution in [0.2, 0.25) is 0 Å². The largest absolute Gasteiger partial charge is 0.317 e. The highest BCUT2D eigenvalue weighted by Gasteiger charge is 2.22. The highest BCUT2D eigenvalue weighted by molar-refractivity contribution is 9.10. The van der Waals surface area contributed by atoms with E-state index in [4.69, 9.17) is 0 Å². The average Bonchev–Trinajstić information content (AvgIpc) is 2.33. The molecule has 0 bridgehead atoms. The van der Waals surface area contributed by atoms with E-state index in [0.29, 0.717) is 10.0 Å². The Morgan fingerprint density at radius 3 is 2.69 bits per heavy atom. The van der Waals surface area contributed by atoms with E-state index in [-0.39, 0.29) is 17.5 Å². The van der Waals surface area contributed by atoms with Crippen molar-refractivity contribution in [3.8, 4) is 0 Å². The lowest BCUT2D eigenvalue weighted by Crippen LogP contribution is -2.31. The molecule has 0 amide bonds. The van der Waals surface area contributed by atoms with Crippen LogP contribution in [0.15, 0.2) is 22.7 Å². The second kappa shape index (κ2) is 5.06. The molecule has 16 heavy (non-hydrogen) atoms. The fourth-order valence-corrected chi connectivity index (χ4v) is 2.22. The van der Waals surface area contributed by atoms with Crippen LogP contribution in [0.4, 0.5) is 4.39 Å². The number of ketones is 1. The first kappa shape index (κ1) is 11.7. The zero-order chi connectivity index (χ0) is 11.5. The molecule has 2 rings (SSSR count). The van der Waals surface area contributed by atoms with E-state index >= 15 is 0 Å². The molecule has 86 valence electrons. The topological polar surface area (TPSA) is 29.1 Å². The molecular formula is C12H13BrFNO. The van der Waals surface area contributed by atoms with Crippen LogP contribution in [0.1, 0.15) is 23.2 Å². The predicted molar refractivity (Wildman–Crippen MR) is 64.0 cm³/mol. The highest BCUT2D eigenvalue weighted by atomic mass is 79.9. The zero-order valence-corrected chi connectivity index (χ0v) is 10.4. The molecule has 2 nitrogen and oxygen atoms in total. The standard InChI is InChI=1S/C12H13BrFNO/c13-10-2-1-9(7-11(10)14)12(16)8-3-5-15-6-4-8/h1-2,7-8,15H,3-6H2. The summed E-state index contributed by atoms with van der Waals surface area (Å²) in [7, 11) is 0. The lowest BCUT2D eigenvalue weighted by Gasteiger charge is -2.21. The Kier molecular flexibility index (Phi) is 3.71. The van der Waals surface area contributed by atoms with Crippen molar-refractivity contribution in [3.05, 3.63) is 34.1 Å². The number of benzene rings is 1. The monoisotopic (exact) mass is 285 g/mol. The molecule has 0 aromatic heterocycles. The fourth-order valence-electron chi connectivity index (χ4n) is 1.97. The van der Waals surface area contributed by atoms with Crippen molar-refractivity contribution in [2.45, 2.75) is 12.8 Å². The molecule has 1 N–H and O–H groups in total. The second-order valence-corrected chi connectivity index (χ2v) is 4.87. The number of rotatable bonds is 2. The molecule has 0 aliphatic carbocycles. The van der Waals surface area contributed by atoms with Gasteiger partial charge in [-0.2, -0.15) is 0 Å². The summed E-state index contributed by atoms with van der Waals surface area (Å²) < 4.78 is 13.7. The van der Waals surface area contributed by atoms with Crippen LogP contribution < -0.4 is 5.32 Å². The van der Waals surface area contributed by atoms with Gasteiger partial charge >= 0.3 is 0 Å². The third-order valence-corrected chi connectivity index (χ3v) is 3.56. The predicted octanol–water partition coefficient (Wildman–Crippen LogP) is 2.77. The van der Waals surface area contributed by atoms with E-state index in [1.807, 2.05) is 0 Å². The van der Waals surface area contributed by atoms with Crippen LogP contribution in [-0.2, 0) is 0 Å². The fraction of sp³-hybridized carbons (Fsp3) is 0.417. The molecule has 1 aliphatic heterocycles. The SMILES string of the molecule is O=C(c1ccc(Br)c(F)c1)C1CCNCC1. The summed E-state index contributed by atoms with van der Waals surface area (Å²) in [6.07, 6.45) is 1.69. The Morgan fingerprint density at radius 1 is 1.38 bits per heavy atom. The van der Waals surface area contributed by atoms with E-state index < -0.39 is 0 Å². The van der Waals surface area contributed by atoms with Gasteiger partial charge in [-0.3, -0.25) is 4.79 Å². The highest BCUT2D eigenvalue weighted by Crippen LogP contribution is 2.21. The summed E-state index contributed by atoms with van der Waals surface area (Å²) in [4.78, 5) is 12.1. The minimum Gasteiger partial charge on any atom is -0.317 e. The van der Waals surface area contributed by atoms with Gasteiger partial charge in [0, 0.05) is 11.5 Å². The number of carbonyl (C=O) groups is 1. The van der Waals surface area contributed by atoms with Crippen molar-refractivity contribution in [1.82, 2.24) is 5.32 Å². The summed E-state index contributed by atoms with van der Waals surface area (Å²) in [6, 6.07) is 4.58. The van der Waals surface area contributed by atoms with Gasteiger partial charge in [-0.25, -0.2) is 4.39 Å². The van der Waals surface area contributed by atoms with Gasteiger partial charge in [0.15, 0.2) is 5.78 Å². The maximum Gasteiger partial charge on any atom is 0.166 e. The Bertz CT molecular complexity index is 402. The van der Waals surface area contributed by atoms with Gasteiger partial charge in [-0.1, -0.05) is 6.07 Å². The van der Waals surface area contributed by atoms with E-state index in [1.54, 1.807) is 12.1 Å². The third kappa shape index (κ3) is 2.50. The first-order valence-corrected chi connectivity index (χ1v) is 6.18. The van der Waals surface area contributed by atoms with Crippen molar-refractivity contribution in [1.29, 1.82) is 0 Å². The molecule has 1 heterocycles. The van der Waals surface area contributed by atoms with Gasteiger partial charge in [-0.15, -0.1) is 0 Å². The van der Waals surface area contributed by atoms with Crippen molar-refractivity contribution in [2.24, 2.45) is 5.92 Å². The summed E-state index contributed by atoms with van der Waals surface area (Å²) in [5.74, 6) is -0.269. The number of carbonyl (C=O) groups excluding carboxylic acids is 1. The molecule has 0 spiro atoms. The van der Waals surface area contributed by atoms with Crippen LogP contribution in [0.3, 0.4) is 0 Å². The normalized spacial score (nSPS) is 17.4. The Balaban J connectivity index is 2.16. The zero-order valence-electron chi connectivity index (χ0n) is 8.80. The number of hydrogen-bond donors (Lipinski definition) is 1. The van der Waals surface area contributed by atoms with Crippen molar-refractivity contribution >= 4 is 21.7 Å². The Hall–Kier alpha value is -0.740. The summed E-state index contributed by atoms with van der Waals surface area (Å²) in [5.41, 5.74) is 0.479. The Labute approximate surface area is 102 Å². The van der Waals surface area contributed by atoms with Gasteiger partial charge in [0.25, 0.3) is 0 Å². The third-order valence-electron chi connectivity index (χ3n) is 2.91. The van der Waals surface area contributed by atoms with Crippen LogP contribution in [-0.4, -0.2) is 18.9 Å². The van der Waals surface area contributed by atoms with E-state index in [2.05, 4.69) is 21.2 Å². The molecule has 1 saturated heterocycles. The molecule has 4 heteroatoms. The summed E-state index contributed by atoms with van der Waals surface area (Å²) in [5, 5.41) is 3.21. The smallest absolute Gasteiger partial charge is 0.166 e. The Morgan fingerprint density at radius 2 is 2.06 bits per heavy atom. The van der Waals surface area contributed by atoms with Crippen LogP contribution in [0.5, 0.6) is 0 Å². The van der Waals surface area contributed by atoms with Crippen LogP contribution in [0.25, 0.3) is 0 Å². The molecule has 0 atom stereocenters. The molecule has 0 saturated carbocycles. The number of Topliss-reactive ketones (excluding diaryl/α,β-unsaturated/α-hetero) is 1. The maximum atomic E-state index is 13.3. The van der Waals surface area contributed by atoms with E-state index in [9.17, 15) is 9.18 Å². The first-order valence-electron chi connectivity index (χ1n) is 5.38. The van der Waals surface area contributed by atoms with Crippen molar-refractivity contribution in [2.75, 3.05) is 13.1 Å². The second-order valence-electron chi connectivity index (χ2n) is 4.02. The molecule has 0 unspecified atom stereocenters. The lowest BCUT2D eigenvalue weighted by molar-refractivity contribution is 0.0894. The van der Waals surface area contributed by atoms with E-state index in [0.717, 1.165) is 25.9 Å². The van der Waals surface area contributed by atoms with Crippen LogP contribution >= 0.6 is 15.9 Å². The van der Waals surface area contributed by atoms with Gasteiger partial charge < -0.3 is 5.32 Å². The van der Waals surface area contributed by atoms with Gasteiger partial charge in [0.05, 0.1) is 4.47 Å². The molecule has 0 radical (unpaired) electrons. The molecule has 1 aliphatic rings. The maximum absolute atomic E-state index is 13.3. The van der Waals surface area contributed by atoms with Crippen molar-refractivity contribution < 1.29 is 9.18 Å². The molecule has 1 aromatic carbocycles. The minimum atomic E-state index is -0.375. The summed E-state index contributed by atoms with van der Waals surface area (Å²) >= 11 is 3.08. The summed E-state index contributed by atoms with van der Waals surface area (Å²) in [6.45, 7) is 1.74. The van der Waals surface area contributed by atoms with Gasteiger partial charge in [-0.05, 0) is 54.0 Å².